The molecule has 0 aromatic rings. The molecule has 0 amide bonds. The molecule has 0 rings (SSSR count). The van der Waals surface area contributed by atoms with E-state index >= 15 is 0 Å². The smallest absolute Gasteiger partial charge is 0.305 e. The second-order valence-corrected chi connectivity index (χ2v) is 5.44. The van der Waals surface area contributed by atoms with Crippen LogP contribution in [-0.4, -0.2) is 39.0 Å². The molecule has 0 aromatic heterocycles. The minimum Gasteiger partial charge on any atom is -0.466 e. The van der Waals surface area contributed by atoms with Gasteiger partial charge in [0.2, 0.25) is 0 Å². The highest BCUT2D eigenvalue weighted by Crippen LogP contribution is 2.01. The Morgan fingerprint density at radius 3 is 2.15 bits per heavy atom. The summed E-state index contributed by atoms with van der Waals surface area (Å²) in [4.78, 5) is 11.4. The van der Waals surface area contributed by atoms with Crippen molar-refractivity contribution < 1.29 is 19.0 Å². The van der Waals surface area contributed by atoms with Gasteiger partial charge in [0.15, 0.2) is 0 Å². The van der Waals surface area contributed by atoms with Gasteiger partial charge in [-0.2, -0.15) is 0 Å². The number of hydrogen-bond acceptors (Lipinski definition) is 4. The first-order valence-corrected chi connectivity index (χ1v) is 7.98. The van der Waals surface area contributed by atoms with Gasteiger partial charge in [-0.05, 0) is 25.2 Å². The molecule has 4 nitrogen and oxygen atoms in total. The average molecular weight is 288 g/mol. The molecule has 0 aliphatic rings. The fourth-order valence-electron chi connectivity index (χ4n) is 1.58. The standard InChI is InChI=1S/C16H32O4/c1-4-5-6-10-18-13-14-19-11-7-8-16(17)20-12-9-15(2)3/h15H,4-14H2,1-3H3. The van der Waals surface area contributed by atoms with Crippen LogP contribution in [0.3, 0.4) is 0 Å². The summed E-state index contributed by atoms with van der Waals surface area (Å²) in [7, 11) is 0. The zero-order chi connectivity index (χ0) is 15.1. The molecule has 0 bridgehead atoms. The first kappa shape index (κ1) is 19.4. The average Bonchev–Trinajstić information content (AvgIpc) is 2.40. The first-order chi connectivity index (χ1) is 9.66. The molecule has 0 atom stereocenters. The molecule has 0 aliphatic carbocycles. The first-order valence-electron chi connectivity index (χ1n) is 7.98. The van der Waals surface area contributed by atoms with E-state index in [1.54, 1.807) is 0 Å². The predicted molar refractivity (Wildman–Crippen MR) is 80.8 cm³/mol. The lowest BCUT2D eigenvalue weighted by atomic mass is 10.1. The van der Waals surface area contributed by atoms with Crippen molar-refractivity contribution in [2.45, 2.75) is 59.3 Å². The number of carbonyl (C=O) groups is 1. The summed E-state index contributed by atoms with van der Waals surface area (Å²) in [5.74, 6) is 0.452. The zero-order valence-corrected chi connectivity index (χ0v) is 13.5. The Bertz CT molecular complexity index is 217. The van der Waals surface area contributed by atoms with Crippen LogP contribution in [0.5, 0.6) is 0 Å². The molecular weight excluding hydrogens is 256 g/mol. The lowest BCUT2D eigenvalue weighted by molar-refractivity contribution is -0.144. The van der Waals surface area contributed by atoms with E-state index < -0.39 is 0 Å². The van der Waals surface area contributed by atoms with Crippen LogP contribution in [-0.2, 0) is 19.0 Å². The van der Waals surface area contributed by atoms with E-state index in [-0.39, 0.29) is 5.97 Å². The highest BCUT2D eigenvalue weighted by atomic mass is 16.5. The lowest BCUT2D eigenvalue weighted by Gasteiger charge is -2.07. The van der Waals surface area contributed by atoms with Crippen molar-refractivity contribution in [2.75, 3.05) is 33.0 Å². The summed E-state index contributed by atoms with van der Waals surface area (Å²) in [5, 5.41) is 0. The summed E-state index contributed by atoms with van der Waals surface area (Å²) in [6.45, 7) is 9.60. The molecule has 0 fully saturated rings. The van der Waals surface area contributed by atoms with Crippen molar-refractivity contribution in [3.63, 3.8) is 0 Å². The predicted octanol–water partition coefficient (Wildman–Crippen LogP) is 3.58. The van der Waals surface area contributed by atoms with E-state index in [0.29, 0.717) is 38.8 Å². The van der Waals surface area contributed by atoms with Crippen LogP contribution in [0.15, 0.2) is 0 Å². The molecule has 0 aliphatic heterocycles. The second kappa shape index (κ2) is 14.8. The highest BCUT2D eigenvalue weighted by molar-refractivity contribution is 5.69. The molecule has 4 heteroatoms. The zero-order valence-electron chi connectivity index (χ0n) is 13.5. The summed E-state index contributed by atoms with van der Waals surface area (Å²) in [6, 6.07) is 0. The van der Waals surface area contributed by atoms with Gasteiger partial charge in [-0.3, -0.25) is 4.79 Å². The van der Waals surface area contributed by atoms with Crippen LogP contribution in [0.1, 0.15) is 59.3 Å². The van der Waals surface area contributed by atoms with Crippen molar-refractivity contribution in [1.82, 2.24) is 0 Å². The van der Waals surface area contributed by atoms with Gasteiger partial charge in [0, 0.05) is 19.6 Å². The molecule has 0 heterocycles. The third kappa shape index (κ3) is 15.4. The largest absolute Gasteiger partial charge is 0.466 e. The quantitative estimate of drug-likeness (QED) is 0.362. The van der Waals surface area contributed by atoms with Crippen LogP contribution >= 0.6 is 0 Å². The summed E-state index contributed by atoms with van der Waals surface area (Å²) >= 11 is 0. The van der Waals surface area contributed by atoms with E-state index in [1.807, 2.05) is 0 Å². The second-order valence-electron chi connectivity index (χ2n) is 5.44. The monoisotopic (exact) mass is 288 g/mol. The minimum absolute atomic E-state index is 0.120. The summed E-state index contributed by atoms with van der Waals surface area (Å²) < 4.78 is 15.9. The minimum atomic E-state index is -0.120. The van der Waals surface area contributed by atoms with Gasteiger partial charge in [-0.1, -0.05) is 33.6 Å². The normalized spacial score (nSPS) is 11.0. The molecule has 0 N–H and O–H groups in total. The third-order valence-corrected chi connectivity index (χ3v) is 2.89. The van der Waals surface area contributed by atoms with Crippen molar-refractivity contribution >= 4 is 5.97 Å². The number of unbranched alkanes of at least 4 members (excludes halogenated alkanes) is 2. The van der Waals surface area contributed by atoms with Crippen molar-refractivity contribution in [3.05, 3.63) is 0 Å². The van der Waals surface area contributed by atoms with Crippen molar-refractivity contribution in [3.8, 4) is 0 Å². The highest BCUT2D eigenvalue weighted by Gasteiger charge is 2.03. The maximum absolute atomic E-state index is 11.4. The fraction of sp³-hybridized carbons (Fsp3) is 0.938. The molecular formula is C16H32O4. The van der Waals surface area contributed by atoms with E-state index in [2.05, 4.69) is 20.8 Å². The Labute approximate surface area is 124 Å². The Morgan fingerprint density at radius 2 is 1.55 bits per heavy atom. The van der Waals surface area contributed by atoms with Gasteiger partial charge >= 0.3 is 5.97 Å². The van der Waals surface area contributed by atoms with Crippen LogP contribution in [0.2, 0.25) is 0 Å². The number of hydrogen-bond donors (Lipinski definition) is 0. The van der Waals surface area contributed by atoms with Gasteiger partial charge in [-0.25, -0.2) is 0 Å². The van der Waals surface area contributed by atoms with Crippen LogP contribution in [0.25, 0.3) is 0 Å². The van der Waals surface area contributed by atoms with E-state index in [1.165, 1.54) is 12.8 Å². The summed E-state index contributed by atoms with van der Waals surface area (Å²) in [5.41, 5.74) is 0. The van der Waals surface area contributed by atoms with E-state index in [0.717, 1.165) is 25.9 Å². The van der Waals surface area contributed by atoms with Gasteiger partial charge in [0.1, 0.15) is 0 Å². The molecule has 0 saturated carbocycles. The molecule has 0 aromatic carbocycles. The van der Waals surface area contributed by atoms with Gasteiger partial charge in [0.05, 0.1) is 19.8 Å². The maximum atomic E-state index is 11.4. The van der Waals surface area contributed by atoms with Crippen LogP contribution < -0.4 is 0 Å². The van der Waals surface area contributed by atoms with Gasteiger partial charge in [-0.15, -0.1) is 0 Å². The molecule has 0 saturated heterocycles. The lowest BCUT2D eigenvalue weighted by Crippen LogP contribution is -2.10. The fourth-order valence-corrected chi connectivity index (χ4v) is 1.58. The maximum Gasteiger partial charge on any atom is 0.305 e. The number of esters is 1. The Kier molecular flexibility index (Phi) is 14.3. The van der Waals surface area contributed by atoms with Crippen molar-refractivity contribution in [2.24, 2.45) is 5.92 Å². The Balaban J connectivity index is 3.13. The molecule has 0 unspecified atom stereocenters. The molecule has 0 spiro atoms. The summed E-state index contributed by atoms with van der Waals surface area (Å²) in [6.07, 6.45) is 5.65. The van der Waals surface area contributed by atoms with Gasteiger partial charge < -0.3 is 14.2 Å². The molecule has 20 heavy (non-hydrogen) atoms. The van der Waals surface area contributed by atoms with Crippen molar-refractivity contribution in [1.29, 1.82) is 0 Å². The van der Waals surface area contributed by atoms with Crippen LogP contribution in [0, 0.1) is 5.92 Å². The number of rotatable bonds is 14. The third-order valence-electron chi connectivity index (χ3n) is 2.89. The number of ether oxygens (including phenoxy) is 3. The SMILES string of the molecule is CCCCCOCCOCCCC(=O)OCCC(C)C. The molecule has 0 radical (unpaired) electrons. The van der Waals surface area contributed by atoms with E-state index in [4.69, 9.17) is 14.2 Å². The number of carbonyl (C=O) groups excluding carboxylic acids is 1. The topological polar surface area (TPSA) is 44.8 Å². The van der Waals surface area contributed by atoms with Crippen LogP contribution in [0.4, 0.5) is 0 Å². The van der Waals surface area contributed by atoms with E-state index in [9.17, 15) is 4.79 Å². The van der Waals surface area contributed by atoms with Gasteiger partial charge in [0.25, 0.3) is 0 Å². The molecule has 120 valence electrons. The Hall–Kier alpha value is -0.610. The Morgan fingerprint density at radius 1 is 0.900 bits per heavy atom.